The van der Waals surface area contributed by atoms with Crippen molar-refractivity contribution >= 4 is 5.97 Å². The minimum absolute atomic E-state index is 0.0716. The highest BCUT2D eigenvalue weighted by Gasteiger charge is 2.91. The van der Waals surface area contributed by atoms with Crippen LogP contribution in [0.25, 0.3) is 0 Å². The number of halogens is 13. The third-order valence-electron chi connectivity index (χ3n) is 4.40. The Bertz CT molecular complexity index is 570. The Labute approximate surface area is 155 Å². The molecule has 0 aliphatic carbocycles. The minimum Gasteiger partial charge on any atom is -0.465 e. The van der Waals surface area contributed by atoms with Gasteiger partial charge in [-0.3, -0.25) is 4.79 Å². The van der Waals surface area contributed by atoms with Gasteiger partial charge in [-0.15, -0.1) is 0 Å². The second-order valence-corrected chi connectivity index (χ2v) is 6.67. The molecule has 0 heterocycles. The summed E-state index contributed by atoms with van der Waals surface area (Å²) in [6, 6.07) is 0. The van der Waals surface area contributed by atoms with Gasteiger partial charge in [-0.05, 0) is 20.3 Å². The SMILES string of the molecule is CCC(C)(C)C(=O)OCCC(C(F)(F)F)(C(F)(F)F)C(F)(F)C(F)(F)C(F)(F)F. The number of carbonyl (C=O) groups excluding carboxylic acids is 1. The lowest BCUT2D eigenvalue weighted by molar-refractivity contribution is -0.462. The summed E-state index contributed by atoms with van der Waals surface area (Å²) in [6.07, 6.45) is -25.3. The monoisotopic (exact) mass is 462 g/mol. The lowest BCUT2D eigenvalue weighted by atomic mass is 9.73. The van der Waals surface area contributed by atoms with Crippen molar-refractivity contribution in [1.29, 1.82) is 0 Å². The number of hydrogen-bond acceptors (Lipinski definition) is 2. The molecule has 0 radical (unpaired) electrons. The molecule has 0 aromatic rings. The van der Waals surface area contributed by atoms with Gasteiger partial charge in [-0.25, -0.2) is 0 Å². The summed E-state index contributed by atoms with van der Waals surface area (Å²) in [4.78, 5) is 11.6. The zero-order valence-electron chi connectivity index (χ0n) is 14.9. The fourth-order valence-electron chi connectivity index (χ4n) is 2.04. The van der Waals surface area contributed by atoms with Crippen LogP contribution in [0.1, 0.15) is 33.6 Å². The molecule has 0 spiro atoms. The van der Waals surface area contributed by atoms with Crippen LogP contribution in [-0.2, 0) is 9.53 Å². The first-order valence-corrected chi connectivity index (χ1v) is 7.57. The largest absolute Gasteiger partial charge is 0.465 e. The van der Waals surface area contributed by atoms with E-state index in [4.69, 9.17) is 0 Å². The quantitative estimate of drug-likeness (QED) is 0.328. The van der Waals surface area contributed by atoms with Gasteiger partial charge in [0.1, 0.15) is 0 Å². The van der Waals surface area contributed by atoms with Crippen LogP contribution in [-0.4, -0.2) is 43.0 Å². The Balaban J connectivity index is 6.44. The Morgan fingerprint density at radius 2 is 1.07 bits per heavy atom. The maximum atomic E-state index is 13.8. The summed E-state index contributed by atoms with van der Waals surface area (Å²) in [7, 11) is 0. The van der Waals surface area contributed by atoms with E-state index in [0.717, 1.165) is 13.8 Å². The zero-order valence-corrected chi connectivity index (χ0v) is 14.9. The Morgan fingerprint density at radius 1 is 0.690 bits per heavy atom. The van der Waals surface area contributed by atoms with Crippen molar-refractivity contribution < 1.29 is 66.6 Å². The molecular formula is C14H15F13O2. The minimum atomic E-state index is -7.72. The highest BCUT2D eigenvalue weighted by molar-refractivity contribution is 5.75. The maximum absolute atomic E-state index is 13.8. The van der Waals surface area contributed by atoms with Crippen LogP contribution in [0.15, 0.2) is 0 Å². The van der Waals surface area contributed by atoms with E-state index in [2.05, 4.69) is 4.74 Å². The number of alkyl halides is 13. The molecule has 0 N–H and O–H groups in total. The van der Waals surface area contributed by atoms with E-state index in [1.165, 1.54) is 6.92 Å². The average molecular weight is 462 g/mol. The zero-order chi connectivity index (χ0) is 23.9. The van der Waals surface area contributed by atoms with Gasteiger partial charge in [-0.2, -0.15) is 57.1 Å². The predicted molar refractivity (Wildman–Crippen MR) is 70.1 cm³/mol. The summed E-state index contributed by atoms with van der Waals surface area (Å²) < 4.78 is 173. The Kier molecular flexibility index (Phi) is 7.29. The molecule has 0 aromatic heterocycles. The van der Waals surface area contributed by atoms with E-state index in [0.29, 0.717) is 0 Å². The molecule has 0 fully saturated rings. The van der Waals surface area contributed by atoms with Crippen molar-refractivity contribution in [3.05, 3.63) is 0 Å². The summed E-state index contributed by atoms with van der Waals surface area (Å²) in [5.41, 5.74) is -8.36. The van der Waals surface area contributed by atoms with Gasteiger partial charge in [0.2, 0.25) is 5.41 Å². The lowest BCUT2D eigenvalue weighted by Gasteiger charge is -2.45. The van der Waals surface area contributed by atoms with Crippen LogP contribution in [0.5, 0.6) is 0 Å². The topological polar surface area (TPSA) is 26.3 Å². The van der Waals surface area contributed by atoms with E-state index < -0.39 is 60.2 Å². The fraction of sp³-hybridized carbons (Fsp3) is 0.929. The van der Waals surface area contributed by atoms with Gasteiger partial charge in [0.25, 0.3) is 0 Å². The molecule has 0 aliphatic rings. The molecule has 29 heavy (non-hydrogen) atoms. The molecular weight excluding hydrogens is 447 g/mol. The maximum Gasteiger partial charge on any atom is 0.459 e. The first kappa shape index (κ1) is 27.6. The van der Waals surface area contributed by atoms with Crippen LogP contribution >= 0.6 is 0 Å². The molecule has 15 heteroatoms. The van der Waals surface area contributed by atoms with E-state index in [1.54, 1.807) is 0 Å². The number of carbonyl (C=O) groups is 1. The molecule has 0 atom stereocenters. The van der Waals surface area contributed by atoms with Crippen LogP contribution < -0.4 is 0 Å². The predicted octanol–water partition coefficient (Wildman–Crippen LogP) is 6.30. The standard InChI is InChI=1S/C14H15F13O2/c1-4-8(2,3)7(28)29-6-5-9(12(19,20)21,13(22,23)24)10(15,16)11(17,18)14(25,26)27/h4-6H2,1-3H3. The number of rotatable bonds is 7. The van der Waals surface area contributed by atoms with Gasteiger partial charge in [0, 0.05) is 6.42 Å². The third-order valence-corrected chi connectivity index (χ3v) is 4.40. The van der Waals surface area contributed by atoms with Crippen molar-refractivity contribution in [3.63, 3.8) is 0 Å². The first-order valence-electron chi connectivity index (χ1n) is 7.57. The van der Waals surface area contributed by atoms with E-state index in [-0.39, 0.29) is 6.42 Å². The second-order valence-electron chi connectivity index (χ2n) is 6.67. The van der Waals surface area contributed by atoms with Crippen molar-refractivity contribution in [1.82, 2.24) is 0 Å². The summed E-state index contributed by atoms with van der Waals surface area (Å²) in [5.74, 6) is -16.9. The lowest BCUT2D eigenvalue weighted by Crippen LogP contribution is -2.70. The molecule has 2 nitrogen and oxygen atoms in total. The Morgan fingerprint density at radius 3 is 1.34 bits per heavy atom. The second kappa shape index (κ2) is 7.67. The van der Waals surface area contributed by atoms with E-state index in [1.807, 2.05) is 0 Å². The molecule has 0 aromatic carbocycles. The Hall–Kier alpha value is -1.44. The average Bonchev–Trinajstić information content (AvgIpc) is 2.46. The van der Waals surface area contributed by atoms with Crippen molar-refractivity contribution in [2.45, 2.75) is 64.0 Å². The van der Waals surface area contributed by atoms with Crippen LogP contribution in [0.2, 0.25) is 0 Å². The van der Waals surface area contributed by atoms with E-state index >= 15 is 0 Å². The van der Waals surface area contributed by atoms with Gasteiger partial charge in [-0.1, -0.05) is 6.92 Å². The normalized spacial score (nSPS) is 15.4. The summed E-state index contributed by atoms with van der Waals surface area (Å²) in [6.45, 7) is 1.42. The smallest absolute Gasteiger partial charge is 0.459 e. The van der Waals surface area contributed by atoms with Gasteiger partial charge in [0.05, 0.1) is 12.0 Å². The van der Waals surface area contributed by atoms with Gasteiger partial charge < -0.3 is 4.74 Å². The van der Waals surface area contributed by atoms with Crippen molar-refractivity contribution in [3.8, 4) is 0 Å². The fourth-order valence-corrected chi connectivity index (χ4v) is 2.04. The molecule has 0 saturated heterocycles. The molecule has 0 aliphatic heterocycles. The summed E-state index contributed by atoms with van der Waals surface area (Å²) >= 11 is 0. The van der Waals surface area contributed by atoms with Crippen molar-refractivity contribution in [2.24, 2.45) is 10.8 Å². The van der Waals surface area contributed by atoms with Gasteiger partial charge in [0.15, 0.2) is 0 Å². The highest BCUT2D eigenvalue weighted by Crippen LogP contribution is 2.66. The molecule has 0 saturated carbocycles. The first-order chi connectivity index (χ1) is 12.4. The van der Waals surface area contributed by atoms with Gasteiger partial charge >= 0.3 is 36.3 Å². The van der Waals surface area contributed by atoms with Crippen LogP contribution in [0.4, 0.5) is 57.1 Å². The third kappa shape index (κ3) is 4.52. The number of esters is 1. The molecule has 0 rings (SSSR count). The molecule has 174 valence electrons. The van der Waals surface area contributed by atoms with E-state index in [9.17, 15) is 61.9 Å². The molecule has 0 bridgehead atoms. The highest BCUT2D eigenvalue weighted by atomic mass is 19.4. The molecule has 0 amide bonds. The summed E-state index contributed by atoms with van der Waals surface area (Å²) in [5, 5.41) is 0. The van der Waals surface area contributed by atoms with Crippen LogP contribution in [0, 0.1) is 10.8 Å². The number of ether oxygens (including phenoxy) is 1. The van der Waals surface area contributed by atoms with Crippen LogP contribution in [0.3, 0.4) is 0 Å². The van der Waals surface area contributed by atoms with Crippen molar-refractivity contribution in [2.75, 3.05) is 6.61 Å². The molecule has 0 unspecified atom stereocenters. The number of hydrogen-bond donors (Lipinski definition) is 0.